The van der Waals surface area contributed by atoms with Crippen molar-refractivity contribution in [1.29, 1.82) is 0 Å². The molecule has 1 fully saturated rings. The van der Waals surface area contributed by atoms with Gasteiger partial charge in [-0.3, -0.25) is 9.69 Å². The summed E-state index contributed by atoms with van der Waals surface area (Å²) in [7, 11) is 0. The number of ether oxygens (including phenoxy) is 2. The molecule has 0 spiro atoms. The maximum atomic E-state index is 13.5. The van der Waals surface area contributed by atoms with Crippen molar-refractivity contribution in [3.63, 3.8) is 0 Å². The lowest BCUT2D eigenvalue weighted by Gasteiger charge is -2.28. The topological polar surface area (TPSA) is 55.2 Å². The highest BCUT2D eigenvalue weighted by Crippen LogP contribution is 2.38. The second-order valence-electron chi connectivity index (χ2n) is 8.92. The summed E-state index contributed by atoms with van der Waals surface area (Å²) in [5.74, 6) is 1.89. The normalized spacial score (nSPS) is 18.9. The number of amides is 1. The van der Waals surface area contributed by atoms with E-state index in [-0.39, 0.29) is 11.8 Å². The average Bonchev–Trinajstić information content (AvgIpc) is 3.35. The van der Waals surface area contributed by atoms with Crippen LogP contribution < -0.4 is 9.47 Å². The Labute approximate surface area is 189 Å². The standard InChI is InChI=1S/C24H31ClN2O4/c1-17(2)12-27(14-19-10-21(25)23-22(11-19)30-7-3-8-31-23)24(28)20-4-6-26(15-20)13-18-5-9-29-16-18/h5,9-11,16-17,20H,3-4,6-8,12-15H2,1-2H3/t20-/m1/s1. The zero-order valence-electron chi connectivity index (χ0n) is 18.3. The van der Waals surface area contributed by atoms with Crippen LogP contribution in [0.25, 0.3) is 0 Å². The molecule has 1 saturated heterocycles. The lowest BCUT2D eigenvalue weighted by atomic mass is 10.0. The molecule has 4 rings (SSSR count). The molecule has 2 aromatic rings. The second kappa shape index (κ2) is 9.96. The molecule has 31 heavy (non-hydrogen) atoms. The first-order valence-electron chi connectivity index (χ1n) is 11.1. The van der Waals surface area contributed by atoms with Gasteiger partial charge in [0.2, 0.25) is 5.91 Å². The smallest absolute Gasteiger partial charge is 0.227 e. The largest absolute Gasteiger partial charge is 0.489 e. The molecule has 6 nitrogen and oxygen atoms in total. The van der Waals surface area contributed by atoms with Gasteiger partial charge in [0.1, 0.15) is 0 Å². The number of carbonyl (C=O) groups excluding carboxylic acids is 1. The van der Waals surface area contributed by atoms with E-state index in [1.165, 1.54) is 0 Å². The van der Waals surface area contributed by atoms with E-state index in [4.69, 9.17) is 25.5 Å². The van der Waals surface area contributed by atoms with E-state index < -0.39 is 0 Å². The molecule has 2 aliphatic heterocycles. The van der Waals surface area contributed by atoms with Gasteiger partial charge < -0.3 is 18.8 Å². The van der Waals surface area contributed by atoms with Crippen molar-refractivity contribution in [2.24, 2.45) is 11.8 Å². The first-order valence-corrected chi connectivity index (χ1v) is 11.5. The third-order valence-electron chi connectivity index (χ3n) is 5.74. The fraction of sp³-hybridized carbons (Fsp3) is 0.542. The van der Waals surface area contributed by atoms with Crippen molar-refractivity contribution in [2.45, 2.75) is 39.8 Å². The number of rotatable bonds is 7. The van der Waals surface area contributed by atoms with E-state index in [0.717, 1.165) is 43.6 Å². The molecular weight excluding hydrogens is 416 g/mol. The third-order valence-corrected chi connectivity index (χ3v) is 6.02. The molecular formula is C24H31ClN2O4. The molecule has 1 atom stereocenters. The van der Waals surface area contributed by atoms with Crippen LogP contribution in [0.2, 0.25) is 5.02 Å². The number of fused-ring (bicyclic) bond motifs is 1. The Hall–Kier alpha value is -2.18. The van der Waals surface area contributed by atoms with Crippen LogP contribution >= 0.6 is 11.6 Å². The Morgan fingerprint density at radius 2 is 2.10 bits per heavy atom. The average molecular weight is 447 g/mol. The monoisotopic (exact) mass is 446 g/mol. The molecule has 0 aliphatic carbocycles. The summed E-state index contributed by atoms with van der Waals surface area (Å²) in [5, 5.41) is 0.540. The number of carbonyl (C=O) groups is 1. The zero-order chi connectivity index (χ0) is 21.8. The summed E-state index contributed by atoms with van der Waals surface area (Å²) in [6, 6.07) is 5.84. The van der Waals surface area contributed by atoms with Crippen LogP contribution in [0.15, 0.2) is 35.1 Å². The van der Waals surface area contributed by atoms with Gasteiger partial charge in [0, 0.05) is 38.2 Å². The van der Waals surface area contributed by atoms with E-state index in [2.05, 4.69) is 18.7 Å². The molecule has 0 bridgehead atoms. The minimum Gasteiger partial charge on any atom is -0.489 e. The zero-order valence-corrected chi connectivity index (χ0v) is 19.1. The van der Waals surface area contributed by atoms with Crippen molar-refractivity contribution < 1.29 is 18.7 Å². The van der Waals surface area contributed by atoms with Crippen LogP contribution in [0.3, 0.4) is 0 Å². The van der Waals surface area contributed by atoms with E-state index in [9.17, 15) is 4.79 Å². The van der Waals surface area contributed by atoms with E-state index in [0.29, 0.717) is 48.7 Å². The van der Waals surface area contributed by atoms with Crippen LogP contribution in [0.4, 0.5) is 0 Å². The highest BCUT2D eigenvalue weighted by molar-refractivity contribution is 6.32. The van der Waals surface area contributed by atoms with Crippen molar-refractivity contribution >= 4 is 17.5 Å². The van der Waals surface area contributed by atoms with Gasteiger partial charge in [0.05, 0.1) is 36.7 Å². The lowest BCUT2D eigenvalue weighted by Crippen LogP contribution is -2.39. The van der Waals surface area contributed by atoms with Gasteiger partial charge in [-0.25, -0.2) is 0 Å². The molecule has 2 aliphatic rings. The first-order chi connectivity index (χ1) is 15.0. The SMILES string of the molecule is CC(C)CN(Cc1cc(Cl)c2c(c1)OCCCO2)C(=O)[C@@H]1CCN(Cc2ccoc2)C1. The van der Waals surface area contributed by atoms with E-state index in [1.54, 1.807) is 12.5 Å². The predicted octanol–water partition coefficient (Wildman–Crippen LogP) is 4.60. The van der Waals surface area contributed by atoms with Crippen LogP contribution in [0.5, 0.6) is 11.5 Å². The summed E-state index contributed by atoms with van der Waals surface area (Å²) in [5.41, 5.74) is 2.12. The molecule has 3 heterocycles. The maximum Gasteiger partial charge on any atom is 0.227 e. The summed E-state index contributed by atoms with van der Waals surface area (Å²) in [6.45, 7) is 9.24. The lowest BCUT2D eigenvalue weighted by molar-refractivity contribution is -0.136. The van der Waals surface area contributed by atoms with Crippen LogP contribution in [0.1, 0.15) is 37.8 Å². The van der Waals surface area contributed by atoms with Gasteiger partial charge in [-0.05, 0) is 42.6 Å². The predicted molar refractivity (Wildman–Crippen MR) is 119 cm³/mol. The molecule has 168 valence electrons. The Bertz CT molecular complexity index is 884. The molecule has 0 radical (unpaired) electrons. The van der Waals surface area contributed by atoms with Crippen molar-refractivity contribution in [2.75, 3.05) is 32.8 Å². The van der Waals surface area contributed by atoms with Gasteiger partial charge >= 0.3 is 0 Å². The molecule has 1 aromatic carbocycles. The van der Waals surface area contributed by atoms with E-state index >= 15 is 0 Å². The highest BCUT2D eigenvalue weighted by Gasteiger charge is 2.32. The number of hydrogen-bond donors (Lipinski definition) is 0. The fourth-order valence-corrected chi connectivity index (χ4v) is 4.63. The summed E-state index contributed by atoms with van der Waals surface area (Å²) in [6.07, 6.45) is 5.18. The number of nitrogens with zero attached hydrogens (tertiary/aromatic N) is 2. The van der Waals surface area contributed by atoms with Crippen LogP contribution in [-0.2, 0) is 17.9 Å². The minimum atomic E-state index is 0.0153. The molecule has 0 saturated carbocycles. The maximum absolute atomic E-state index is 13.5. The van der Waals surface area contributed by atoms with E-state index in [1.807, 2.05) is 23.1 Å². The van der Waals surface area contributed by atoms with Gasteiger partial charge in [0.25, 0.3) is 0 Å². The Morgan fingerprint density at radius 3 is 2.87 bits per heavy atom. The summed E-state index contributed by atoms with van der Waals surface area (Å²) < 4.78 is 16.7. The Morgan fingerprint density at radius 1 is 1.26 bits per heavy atom. The molecule has 0 unspecified atom stereocenters. The van der Waals surface area contributed by atoms with Crippen molar-refractivity contribution in [3.05, 3.63) is 46.9 Å². The number of likely N-dealkylation sites (tertiary alicyclic amines) is 1. The van der Waals surface area contributed by atoms with Gasteiger partial charge in [0.15, 0.2) is 11.5 Å². The molecule has 7 heteroatoms. The quantitative estimate of drug-likeness (QED) is 0.622. The third kappa shape index (κ3) is 5.55. The van der Waals surface area contributed by atoms with Crippen molar-refractivity contribution in [3.8, 4) is 11.5 Å². The Balaban J connectivity index is 1.45. The fourth-order valence-electron chi connectivity index (χ4n) is 4.35. The number of furan rings is 1. The number of hydrogen-bond acceptors (Lipinski definition) is 5. The van der Waals surface area contributed by atoms with Gasteiger partial charge in [-0.1, -0.05) is 25.4 Å². The summed E-state index contributed by atoms with van der Waals surface area (Å²) >= 11 is 6.48. The number of benzene rings is 1. The second-order valence-corrected chi connectivity index (χ2v) is 9.33. The first kappa shape index (κ1) is 22.0. The van der Waals surface area contributed by atoms with Gasteiger partial charge in [-0.2, -0.15) is 0 Å². The molecule has 0 N–H and O–H groups in total. The highest BCUT2D eigenvalue weighted by atomic mass is 35.5. The van der Waals surface area contributed by atoms with Crippen molar-refractivity contribution in [1.82, 2.24) is 9.80 Å². The minimum absolute atomic E-state index is 0.0153. The summed E-state index contributed by atoms with van der Waals surface area (Å²) in [4.78, 5) is 17.8. The van der Waals surface area contributed by atoms with Crippen LogP contribution in [0, 0.1) is 11.8 Å². The van der Waals surface area contributed by atoms with Crippen LogP contribution in [-0.4, -0.2) is 48.6 Å². The Kier molecular flexibility index (Phi) is 7.08. The molecule has 1 amide bonds. The van der Waals surface area contributed by atoms with Gasteiger partial charge in [-0.15, -0.1) is 0 Å². The molecule has 1 aromatic heterocycles. The number of halogens is 1.